The number of hydrogen-bond donors (Lipinski definition) is 1. The van der Waals surface area contributed by atoms with Gasteiger partial charge >= 0.3 is 0 Å². The van der Waals surface area contributed by atoms with Crippen molar-refractivity contribution < 1.29 is 13.2 Å². The zero-order valence-corrected chi connectivity index (χ0v) is 14.1. The minimum Gasteiger partial charge on any atom is -0.375 e. The first kappa shape index (κ1) is 16.5. The van der Waals surface area contributed by atoms with Crippen molar-refractivity contribution in [3.63, 3.8) is 0 Å². The number of methoxy groups -OCH3 is 1. The van der Waals surface area contributed by atoms with E-state index in [0.29, 0.717) is 0 Å². The summed E-state index contributed by atoms with van der Waals surface area (Å²) in [6.07, 6.45) is -0.319. The number of aryl methyl sites for hydroxylation is 1. The van der Waals surface area contributed by atoms with Gasteiger partial charge < -0.3 is 4.74 Å². The zero-order chi connectivity index (χ0) is 15.5. The second-order valence-corrected chi connectivity index (χ2v) is 7.92. The Morgan fingerprint density at radius 2 is 2.00 bits per heavy atom. The molecule has 4 nitrogen and oxygen atoms in total. The lowest BCUT2D eigenvalue weighted by atomic mass is 10.3. The molecular weight excluding hydrogens is 330 g/mol. The molecule has 0 bridgehead atoms. The van der Waals surface area contributed by atoms with Gasteiger partial charge in [-0.3, -0.25) is 0 Å². The van der Waals surface area contributed by atoms with Crippen LogP contribution in [0.25, 0.3) is 0 Å². The Balaban J connectivity index is 2.12. The van der Waals surface area contributed by atoms with Crippen molar-refractivity contribution in [1.82, 2.24) is 4.72 Å². The minimum absolute atomic E-state index is 0.0730. The van der Waals surface area contributed by atoms with Crippen LogP contribution in [-0.4, -0.2) is 22.1 Å². The Morgan fingerprint density at radius 1 is 1.29 bits per heavy atom. The van der Waals surface area contributed by atoms with E-state index in [1.54, 1.807) is 36.6 Å². The molecule has 2 aromatic rings. The van der Waals surface area contributed by atoms with Gasteiger partial charge in [0.15, 0.2) is 0 Å². The monoisotopic (exact) mass is 345 g/mol. The highest BCUT2D eigenvalue weighted by Gasteiger charge is 2.20. The summed E-state index contributed by atoms with van der Waals surface area (Å²) in [5, 5.41) is 0.200. The van der Waals surface area contributed by atoms with Gasteiger partial charge in [-0.05, 0) is 31.2 Å². The number of rotatable bonds is 6. The number of ether oxygens (including phenoxy) is 1. The third kappa shape index (κ3) is 4.05. The number of halogens is 1. The fourth-order valence-electron chi connectivity index (χ4n) is 1.85. The Kier molecular flexibility index (Phi) is 5.40. The van der Waals surface area contributed by atoms with E-state index in [1.807, 2.05) is 19.1 Å². The van der Waals surface area contributed by atoms with Crippen LogP contribution in [0.15, 0.2) is 41.3 Å². The molecule has 0 spiro atoms. The normalized spacial score (nSPS) is 13.3. The molecule has 0 amide bonds. The average molecular weight is 346 g/mol. The van der Waals surface area contributed by atoms with Crippen LogP contribution >= 0.6 is 22.9 Å². The van der Waals surface area contributed by atoms with Crippen LogP contribution in [0.1, 0.15) is 15.9 Å². The Morgan fingerprint density at radius 3 is 2.57 bits per heavy atom. The predicted octanol–water partition coefficient (Wildman–Crippen LogP) is 3.38. The summed E-state index contributed by atoms with van der Waals surface area (Å²) in [4.78, 5) is 2.21. The van der Waals surface area contributed by atoms with E-state index in [-0.39, 0.29) is 22.6 Å². The van der Waals surface area contributed by atoms with Gasteiger partial charge in [-0.25, -0.2) is 13.1 Å². The molecule has 7 heteroatoms. The fourth-order valence-corrected chi connectivity index (χ4v) is 4.36. The van der Waals surface area contributed by atoms with Crippen LogP contribution in [0, 0.1) is 6.92 Å². The standard InChI is InChI=1S/C14H16ClNO3S2/c1-10-7-8-13(20-10)12(19-2)9-16-21(17,18)14-6-4-3-5-11(14)15/h3-8,12,16H,9H2,1-2H3/t12-/m1/s1. The van der Waals surface area contributed by atoms with Crippen molar-refractivity contribution >= 4 is 33.0 Å². The summed E-state index contributed by atoms with van der Waals surface area (Å²) < 4.78 is 32.4. The van der Waals surface area contributed by atoms with Gasteiger partial charge in [0.05, 0.1) is 5.02 Å². The summed E-state index contributed by atoms with van der Waals surface area (Å²) in [6.45, 7) is 2.15. The van der Waals surface area contributed by atoms with Gasteiger partial charge in [0.1, 0.15) is 11.0 Å². The molecule has 2 rings (SSSR count). The Bertz CT molecular complexity index is 713. The SMILES string of the molecule is CO[C@H](CNS(=O)(=O)c1ccccc1Cl)c1ccc(C)s1. The van der Waals surface area contributed by atoms with Gasteiger partial charge in [-0.15, -0.1) is 11.3 Å². The molecule has 1 heterocycles. The summed E-state index contributed by atoms with van der Waals surface area (Å²) >= 11 is 7.51. The molecule has 1 aromatic carbocycles. The first-order chi connectivity index (χ1) is 9.94. The lowest BCUT2D eigenvalue weighted by Gasteiger charge is -2.15. The number of benzene rings is 1. The second kappa shape index (κ2) is 6.89. The minimum atomic E-state index is -3.65. The molecule has 1 aromatic heterocycles. The Hall–Kier alpha value is -0.920. The molecule has 0 radical (unpaired) electrons. The lowest BCUT2D eigenvalue weighted by Crippen LogP contribution is -2.29. The van der Waals surface area contributed by atoms with E-state index in [9.17, 15) is 8.42 Å². The van der Waals surface area contributed by atoms with Crippen LogP contribution < -0.4 is 4.72 Å². The second-order valence-electron chi connectivity index (χ2n) is 4.46. The molecule has 1 atom stereocenters. The van der Waals surface area contributed by atoms with Gasteiger partial charge in [-0.2, -0.15) is 0 Å². The molecule has 1 N–H and O–H groups in total. The van der Waals surface area contributed by atoms with Gasteiger partial charge in [-0.1, -0.05) is 23.7 Å². The van der Waals surface area contributed by atoms with E-state index in [1.165, 1.54) is 6.07 Å². The maximum atomic E-state index is 12.3. The van der Waals surface area contributed by atoms with E-state index >= 15 is 0 Å². The third-order valence-electron chi connectivity index (χ3n) is 2.95. The summed E-state index contributed by atoms with van der Waals surface area (Å²) in [7, 11) is -2.10. The molecule has 0 aliphatic heterocycles. The van der Waals surface area contributed by atoms with E-state index < -0.39 is 10.0 Å². The van der Waals surface area contributed by atoms with Crippen molar-refractivity contribution in [3.8, 4) is 0 Å². The first-order valence-corrected chi connectivity index (χ1v) is 8.95. The predicted molar refractivity (Wildman–Crippen MR) is 85.4 cm³/mol. The molecule has 0 fully saturated rings. The lowest BCUT2D eigenvalue weighted by molar-refractivity contribution is 0.110. The molecule has 0 aliphatic rings. The molecule has 0 saturated carbocycles. The van der Waals surface area contributed by atoms with Crippen molar-refractivity contribution in [2.75, 3.05) is 13.7 Å². The highest BCUT2D eigenvalue weighted by molar-refractivity contribution is 7.89. The smallest absolute Gasteiger partial charge is 0.242 e. The molecule has 0 saturated heterocycles. The van der Waals surface area contributed by atoms with Crippen LogP contribution in [0.4, 0.5) is 0 Å². The molecule has 0 aliphatic carbocycles. The highest BCUT2D eigenvalue weighted by atomic mass is 35.5. The van der Waals surface area contributed by atoms with Crippen LogP contribution in [0.5, 0.6) is 0 Å². The maximum Gasteiger partial charge on any atom is 0.242 e. The van der Waals surface area contributed by atoms with Gasteiger partial charge in [0, 0.05) is 23.4 Å². The third-order valence-corrected chi connectivity index (χ3v) is 5.96. The summed E-state index contributed by atoms with van der Waals surface area (Å²) in [5.41, 5.74) is 0. The van der Waals surface area contributed by atoms with Crippen molar-refractivity contribution in [2.24, 2.45) is 0 Å². The zero-order valence-electron chi connectivity index (χ0n) is 11.7. The average Bonchev–Trinajstić information content (AvgIpc) is 2.86. The van der Waals surface area contributed by atoms with Crippen LogP contribution in [-0.2, 0) is 14.8 Å². The number of nitrogens with one attached hydrogen (secondary N) is 1. The van der Waals surface area contributed by atoms with Gasteiger partial charge in [0.25, 0.3) is 0 Å². The largest absolute Gasteiger partial charge is 0.375 e. The fraction of sp³-hybridized carbons (Fsp3) is 0.286. The van der Waals surface area contributed by atoms with E-state index in [4.69, 9.17) is 16.3 Å². The number of hydrogen-bond acceptors (Lipinski definition) is 4. The van der Waals surface area contributed by atoms with E-state index in [0.717, 1.165) is 9.75 Å². The van der Waals surface area contributed by atoms with E-state index in [2.05, 4.69) is 4.72 Å². The topological polar surface area (TPSA) is 55.4 Å². The molecular formula is C14H16ClNO3S2. The quantitative estimate of drug-likeness (QED) is 0.873. The molecule has 0 unspecified atom stereocenters. The molecule has 114 valence electrons. The number of sulfonamides is 1. The van der Waals surface area contributed by atoms with Crippen molar-refractivity contribution in [1.29, 1.82) is 0 Å². The van der Waals surface area contributed by atoms with Crippen molar-refractivity contribution in [2.45, 2.75) is 17.9 Å². The Labute approximate surface area is 133 Å². The first-order valence-electron chi connectivity index (χ1n) is 6.27. The van der Waals surface area contributed by atoms with Crippen LogP contribution in [0.2, 0.25) is 5.02 Å². The summed E-state index contributed by atoms with van der Waals surface area (Å²) in [5.74, 6) is 0. The highest BCUT2D eigenvalue weighted by Crippen LogP contribution is 2.26. The van der Waals surface area contributed by atoms with Crippen molar-refractivity contribution in [3.05, 3.63) is 51.2 Å². The van der Waals surface area contributed by atoms with Crippen LogP contribution in [0.3, 0.4) is 0 Å². The summed E-state index contributed by atoms with van der Waals surface area (Å²) in [6, 6.07) is 10.3. The maximum absolute atomic E-state index is 12.3. The number of thiophene rings is 1. The molecule has 21 heavy (non-hydrogen) atoms. The van der Waals surface area contributed by atoms with Gasteiger partial charge in [0.2, 0.25) is 10.0 Å².